The molecule has 0 heterocycles. The number of hydrogen-bond donors (Lipinski definition) is 1. The number of hydrogen-bond acceptors (Lipinski definition) is 2. The van der Waals surface area contributed by atoms with E-state index >= 15 is 0 Å². The van der Waals surface area contributed by atoms with Crippen LogP contribution in [0.15, 0.2) is 24.3 Å². The van der Waals surface area contributed by atoms with Gasteiger partial charge in [-0.1, -0.05) is 45.0 Å². The second kappa shape index (κ2) is 8.55. The van der Waals surface area contributed by atoms with Gasteiger partial charge in [-0.3, -0.25) is 0 Å². The number of nitrogens with one attached hydrogen (secondary N) is 1. The molecule has 0 aliphatic heterocycles. The summed E-state index contributed by atoms with van der Waals surface area (Å²) in [7, 11) is 1.80. The zero-order valence-electron chi connectivity index (χ0n) is 14.7. The van der Waals surface area contributed by atoms with Crippen LogP contribution in [0.5, 0.6) is 0 Å². The second-order valence-corrected chi connectivity index (χ2v) is 6.83. The zero-order valence-corrected chi connectivity index (χ0v) is 14.7. The number of ether oxygens (including phenoxy) is 1. The van der Waals surface area contributed by atoms with Gasteiger partial charge in [0.1, 0.15) is 0 Å². The van der Waals surface area contributed by atoms with Crippen molar-refractivity contribution in [1.82, 2.24) is 5.32 Å². The molecule has 1 aromatic carbocycles. The molecule has 120 valence electrons. The molecule has 0 saturated carbocycles. The van der Waals surface area contributed by atoms with Gasteiger partial charge in [-0.05, 0) is 56.7 Å². The fourth-order valence-electron chi connectivity index (χ4n) is 2.41. The molecule has 1 aromatic rings. The normalized spacial score (nSPS) is 13.7. The van der Waals surface area contributed by atoms with E-state index in [4.69, 9.17) is 4.74 Å². The Kier molecular flexibility index (Phi) is 7.41. The monoisotopic (exact) mass is 291 g/mol. The minimum atomic E-state index is -0.0516. The standard InChI is InChI=1S/C19H33NO/c1-7-14-20-18(12-13-19(4,5)21-6)17-10-8-16(9-11-17)15(2)3/h8-11,15,18,20H,7,12-14H2,1-6H3. The average Bonchev–Trinajstić information content (AvgIpc) is 2.47. The highest BCUT2D eigenvalue weighted by atomic mass is 16.5. The number of benzene rings is 1. The van der Waals surface area contributed by atoms with Crippen molar-refractivity contribution in [2.75, 3.05) is 13.7 Å². The maximum absolute atomic E-state index is 5.55. The molecule has 0 saturated heterocycles. The van der Waals surface area contributed by atoms with Crippen LogP contribution in [0.25, 0.3) is 0 Å². The third kappa shape index (κ3) is 6.19. The van der Waals surface area contributed by atoms with E-state index < -0.39 is 0 Å². The van der Waals surface area contributed by atoms with Crippen LogP contribution >= 0.6 is 0 Å². The summed E-state index contributed by atoms with van der Waals surface area (Å²) in [5.41, 5.74) is 2.74. The lowest BCUT2D eigenvalue weighted by Gasteiger charge is -2.27. The summed E-state index contributed by atoms with van der Waals surface area (Å²) in [5, 5.41) is 3.68. The van der Waals surface area contributed by atoms with Crippen molar-refractivity contribution in [2.45, 2.75) is 71.4 Å². The molecule has 0 aromatic heterocycles. The van der Waals surface area contributed by atoms with Crippen molar-refractivity contribution >= 4 is 0 Å². The summed E-state index contributed by atoms with van der Waals surface area (Å²) < 4.78 is 5.55. The fourth-order valence-corrected chi connectivity index (χ4v) is 2.41. The van der Waals surface area contributed by atoms with Crippen LogP contribution in [0.2, 0.25) is 0 Å². The van der Waals surface area contributed by atoms with Gasteiger partial charge in [-0.25, -0.2) is 0 Å². The lowest BCUT2D eigenvalue weighted by Crippen LogP contribution is -2.27. The Morgan fingerprint density at radius 2 is 1.67 bits per heavy atom. The first kappa shape index (κ1) is 18.2. The van der Waals surface area contributed by atoms with Crippen LogP contribution in [0, 0.1) is 0 Å². The van der Waals surface area contributed by atoms with Crippen molar-refractivity contribution in [2.24, 2.45) is 0 Å². The van der Waals surface area contributed by atoms with Gasteiger partial charge < -0.3 is 10.1 Å². The van der Waals surface area contributed by atoms with Crippen LogP contribution in [0.4, 0.5) is 0 Å². The lowest BCUT2D eigenvalue weighted by molar-refractivity contribution is 0.0117. The maximum atomic E-state index is 5.55. The van der Waals surface area contributed by atoms with E-state index in [9.17, 15) is 0 Å². The Bertz CT molecular complexity index is 395. The van der Waals surface area contributed by atoms with E-state index in [0.717, 1.165) is 25.8 Å². The van der Waals surface area contributed by atoms with Gasteiger partial charge in [0.05, 0.1) is 5.60 Å². The van der Waals surface area contributed by atoms with Crippen LogP contribution in [0.1, 0.15) is 77.0 Å². The van der Waals surface area contributed by atoms with Crippen LogP contribution in [-0.2, 0) is 4.74 Å². The lowest BCUT2D eigenvalue weighted by atomic mass is 9.93. The third-order valence-corrected chi connectivity index (χ3v) is 4.23. The van der Waals surface area contributed by atoms with E-state index in [0.29, 0.717) is 12.0 Å². The van der Waals surface area contributed by atoms with Crippen molar-refractivity contribution in [1.29, 1.82) is 0 Å². The van der Waals surface area contributed by atoms with Crippen molar-refractivity contribution in [3.05, 3.63) is 35.4 Å². The van der Waals surface area contributed by atoms with E-state index in [1.165, 1.54) is 11.1 Å². The molecule has 0 bridgehead atoms. The second-order valence-electron chi connectivity index (χ2n) is 6.83. The first-order valence-electron chi connectivity index (χ1n) is 8.28. The molecule has 21 heavy (non-hydrogen) atoms. The first-order valence-corrected chi connectivity index (χ1v) is 8.28. The topological polar surface area (TPSA) is 21.3 Å². The third-order valence-electron chi connectivity index (χ3n) is 4.23. The molecule has 1 N–H and O–H groups in total. The largest absolute Gasteiger partial charge is 0.379 e. The molecule has 1 atom stereocenters. The summed E-state index contributed by atoms with van der Waals surface area (Å²) in [6, 6.07) is 9.51. The van der Waals surface area contributed by atoms with Crippen LogP contribution in [0.3, 0.4) is 0 Å². The first-order chi connectivity index (χ1) is 9.89. The minimum absolute atomic E-state index is 0.0516. The maximum Gasteiger partial charge on any atom is 0.0623 e. The molecule has 1 unspecified atom stereocenters. The van der Waals surface area contributed by atoms with Gasteiger partial charge in [-0.2, -0.15) is 0 Å². The highest BCUT2D eigenvalue weighted by Crippen LogP contribution is 2.26. The minimum Gasteiger partial charge on any atom is -0.379 e. The molecule has 2 nitrogen and oxygen atoms in total. The van der Waals surface area contributed by atoms with Gasteiger partial charge in [0, 0.05) is 13.2 Å². The molecule has 1 rings (SSSR count). The molecule has 0 amide bonds. The Morgan fingerprint density at radius 3 is 2.14 bits per heavy atom. The van der Waals surface area contributed by atoms with Crippen LogP contribution in [-0.4, -0.2) is 19.3 Å². The van der Waals surface area contributed by atoms with Gasteiger partial charge in [-0.15, -0.1) is 0 Å². The molecule has 0 radical (unpaired) electrons. The Hall–Kier alpha value is -0.860. The van der Waals surface area contributed by atoms with Gasteiger partial charge in [0.2, 0.25) is 0 Å². The van der Waals surface area contributed by atoms with Crippen LogP contribution < -0.4 is 5.32 Å². The number of rotatable bonds is 9. The summed E-state index contributed by atoms with van der Waals surface area (Å²) in [6.45, 7) is 12.1. The van der Waals surface area contributed by atoms with E-state index in [2.05, 4.69) is 64.2 Å². The zero-order chi connectivity index (χ0) is 15.9. The molecule has 0 aliphatic rings. The Labute approximate surface area is 131 Å². The predicted octanol–water partition coefficient (Wildman–Crippen LogP) is 5.06. The summed E-state index contributed by atoms with van der Waals surface area (Å²) in [5.74, 6) is 0.591. The van der Waals surface area contributed by atoms with E-state index in [1.807, 2.05) is 0 Å². The molecular formula is C19H33NO. The van der Waals surface area contributed by atoms with Crippen molar-refractivity contribution < 1.29 is 4.74 Å². The van der Waals surface area contributed by atoms with Crippen molar-refractivity contribution in [3.63, 3.8) is 0 Å². The quantitative estimate of drug-likeness (QED) is 0.687. The van der Waals surface area contributed by atoms with Gasteiger partial charge >= 0.3 is 0 Å². The van der Waals surface area contributed by atoms with Crippen molar-refractivity contribution in [3.8, 4) is 0 Å². The molecular weight excluding hydrogens is 258 g/mol. The van der Waals surface area contributed by atoms with E-state index in [-0.39, 0.29) is 5.60 Å². The SMILES string of the molecule is CCCNC(CCC(C)(C)OC)c1ccc(C(C)C)cc1. The number of methoxy groups -OCH3 is 1. The molecule has 0 fully saturated rings. The summed E-state index contributed by atoms with van der Waals surface area (Å²) in [4.78, 5) is 0. The fraction of sp³-hybridized carbons (Fsp3) is 0.684. The summed E-state index contributed by atoms with van der Waals surface area (Å²) >= 11 is 0. The highest BCUT2D eigenvalue weighted by Gasteiger charge is 2.20. The summed E-state index contributed by atoms with van der Waals surface area (Å²) in [6.07, 6.45) is 3.31. The van der Waals surface area contributed by atoms with Gasteiger partial charge in [0.15, 0.2) is 0 Å². The molecule has 0 spiro atoms. The smallest absolute Gasteiger partial charge is 0.0623 e. The van der Waals surface area contributed by atoms with Gasteiger partial charge in [0.25, 0.3) is 0 Å². The molecule has 2 heteroatoms. The Morgan fingerprint density at radius 1 is 1.10 bits per heavy atom. The Balaban J connectivity index is 2.76. The molecule has 0 aliphatic carbocycles. The highest BCUT2D eigenvalue weighted by molar-refractivity contribution is 5.27. The van der Waals surface area contributed by atoms with E-state index in [1.54, 1.807) is 7.11 Å². The average molecular weight is 291 g/mol. The predicted molar refractivity (Wildman–Crippen MR) is 91.9 cm³/mol.